The average molecular weight is 218 g/mol. The second-order valence-electron chi connectivity index (χ2n) is 3.68. The van der Waals surface area contributed by atoms with Crippen molar-refractivity contribution in [1.29, 1.82) is 0 Å². The molecular weight excluding hydrogens is 209 g/mol. The molecule has 2 atom stereocenters. The molecule has 2 rings (SSSR count). The van der Waals surface area contributed by atoms with Gasteiger partial charge in [0.05, 0.1) is 5.56 Å². The monoisotopic (exact) mass is 218 g/mol. The van der Waals surface area contributed by atoms with Crippen molar-refractivity contribution in [2.45, 2.75) is 25.0 Å². The van der Waals surface area contributed by atoms with Gasteiger partial charge >= 0.3 is 6.18 Å². The lowest BCUT2D eigenvalue weighted by atomic mass is 10.1. The third-order valence-electron chi connectivity index (χ3n) is 2.30. The molecule has 0 bridgehead atoms. The Balaban J connectivity index is 2.29. The maximum Gasteiger partial charge on any atom is 0.416 e. The lowest BCUT2D eigenvalue weighted by Crippen LogP contribution is -2.07. The molecule has 82 valence electrons. The van der Waals surface area contributed by atoms with Gasteiger partial charge in [-0.05, 0) is 24.6 Å². The standard InChI is InChI=1S/C10H9F3O2/c1-9(14)8(15-9)6-3-2-4-7(5-6)10(11,12)13/h2-5,8,14H,1H3. The van der Waals surface area contributed by atoms with E-state index >= 15 is 0 Å². The van der Waals surface area contributed by atoms with Crippen LogP contribution in [-0.2, 0) is 10.9 Å². The fourth-order valence-corrected chi connectivity index (χ4v) is 1.46. The van der Waals surface area contributed by atoms with E-state index in [0.29, 0.717) is 5.56 Å². The fraction of sp³-hybridized carbons (Fsp3) is 0.400. The average Bonchev–Trinajstić information content (AvgIpc) is 2.74. The van der Waals surface area contributed by atoms with E-state index in [1.807, 2.05) is 0 Å². The second-order valence-corrected chi connectivity index (χ2v) is 3.68. The predicted molar refractivity (Wildman–Crippen MR) is 45.9 cm³/mol. The lowest BCUT2D eigenvalue weighted by molar-refractivity contribution is -0.137. The van der Waals surface area contributed by atoms with E-state index in [1.165, 1.54) is 19.1 Å². The highest BCUT2D eigenvalue weighted by molar-refractivity contribution is 5.30. The first kappa shape index (κ1) is 10.4. The van der Waals surface area contributed by atoms with Crippen LogP contribution in [0.15, 0.2) is 24.3 Å². The maximum absolute atomic E-state index is 12.3. The number of hydrogen-bond donors (Lipinski definition) is 1. The van der Waals surface area contributed by atoms with Gasteiger partial charge in [-0.3, -0.25) is 0 Å². The third kappa shape index (κ3) is 1.98. The molecule has 0 aliphatic carbocycles. The molecule has 15 heavy (non-hydrogen) atoms. The van der Waals surface area contributed by atoms with Crippen molar-refractivity contribution >= 4 is 0 Å². The van der Waals surface area contributed by atoms with Crippen LogP contribution in [0.3, 0.4) is 0 Å². The number of alkyl halides is 3. The zero-order chi connectivity index (χ0) is 11.3. The fourth-order valence-electron chi connectivity index (χ4n) is 1.46. The third-order valence-corrected chi connectivity index (χ3v) is 2.30. The van der Waals surface area contributed by atoms with Crippen LogP contribution in [0.1, 0.15) is 24.2 Å². The maximum atomic E-state index is 12.3. The summed E-state index contributed by atoms with van der Waals surface area (Å²) in [6.45, 7) is 1.41. The first-order valence-corrected chi connectivity index (χ1v) is 4.38. The minimum absolute atomic E-state index is 0.342. The number of benzene rings is 1. The van der Waals surface area contributed by atoms with Crippen molar-refractivity contribution in [3.05, 3.63) is 35.4 Å². The predicted octanol–water partition coefficient (Wildman–Crippen LogP) is 2.49. The number of halogens is 3. The molecule has 1 heterocycles. The van der Waals surface area contributed by atoms with Crippen molar-refractivity contribution in [3.63, 3.8) is 0 Å². The Morgan fingerprint density at radius 3 is 2.47 bits per heavy atom. The molecule has 1 saturated heterocycles. The molecule has 1 aromatic carbocycles. The van der Waals surface area contributed by atoms with Crippen LogP contribution in [0.2, 0.25) is 0 Å². The van der Waals surface area contributed by atoms with Gasteiger partial charge in [0.15, 0.2) is 5.79 Å². The number of aliphatic hydroxyl groups is 1. The van der Waals surface area contributed by atoms with Gasteiger partial charge in [-0.1, -0.05) is 12.1 Å². The van der Waals surface area contributed by atoms with Crippen LogP contribution in [0.5, 0.6) is 0 Å². The minimum atomic E-state index is -4.36. The Hall–Kier alpha value is -1.07. The topological polar surface area (TPSA) is 32.8 Å². The zero-order valence-electron chi connectivity index (χ0n) is 7.88. The summed E-state index contributed by atoms with van der Waals surface area (Å²) >= 11 is 0. The van der Waals surface area contributed by atoms with E-state index in [1.54, 1.807) is 0 Å². The van der Waals surface area contributed by atoms with Gasteiger partial charge in [-0.15, -0.1) is 0 Å². The van der Waals surface area contributed by atoms with Crippen LogP contribution in [0.4, 0.5) is 13.2 Å². The molecule has 0 radical (unpaired) electrons. The molecule has 1 aliphatic heterocycles. The lowest BCUT2D eigenvalue weighted by Gasteiger charge is -2.07. The number of rotatable bonds is 1. The summed E-state index contributed by atoms with van der Waals surface area (Å²) in [6, 6.07) is 4.78. The highest BCUT2D eigenvalue weighted by Crippen LogP contribution is 2.47. The van der Waals surface area contributed by atoms with E-state index in [4.69, 9.17) is 4.74 Å². The minimum Gasteiger partial charge on any atom is -0.363 e. The van der Waals surface area contributed by atoms with Crippen molar-refractivity contribution in [1.82, 2.24) is 0 Å². The Labute approximate surface area is 84.3 Å². The smallest absolute Gasteiger partial charge is 0.363 e. The van der Waals surface area contributed by atoms with Crippen LogP contribution < -0.4 is 0 Å². The molecule has 2 unspecified atom stereocenters. The van der Waals surface area contributed by atoms with Crippen LogP contribution >= 0.6 is 0 Å². The van der Waals surface area contributed by atoms with Gasteiger partial charge in [0.25, 0.3) is 0 Å². The van der Waals surface area contributed by atoms with Gasteiger partial charge < -0.3 is 9.84 Å². The van der Waals surface area contributed by atoms with E-state index in [0.717, 1.165) is 12.1 Å². The van der Waals surface area contributed by atoms with Crippen molar-refractivity contribution in [2.75, 3.05) is 0 Å². The Bertz CT molecular complexity index is 384. The first-order valence-electron chi connectivity index (χ1n) is 4.38. The molecule has 5 heteroatoms. The summed E-state index contributed by atoms with van der Waals surface area (Å²) in [5, 5.41) is 9.34. The molecule has 1 aromatic rings. The second kappa shape index (κ2) is 2.96. The number of ether oxygens (including phenoxy) is 1. The Morgan fingerprint density at radius 1 is 1.40 bits per heavy atom. The molecule has 1 fully saturated rings. The van der Waals surface area contributed by atoms with Gasteiger partial charge in [0, 0.05) is 0 Å². The summed E-state index contributed by atoms with van der Waals surface area (Å²) in [6.07, 6.45) is -5.02. The van der Waals surface area contributed by atoms with E-state index < -0.39 is 23.6 Å². The summed E-state index contributed by atoms with van der Waals surface area (Å²) < 4.78 is 41.9. The first-order chi connectivity index (χ1) is 6.81. The molecule has 1 N–H and O–H groups in total. The molecule has 1 aliphatic rings. The Kier molecular flexibility index (Phi) is 2.06. The highest BCUT2D eigenvalue weighted by atomic mass is 19.4. The Morgan fingerprint density at radius 2 is 2.00 bits per heavy atom. The summed E-state index contributed by atoms with van der Waals surface area (Å²) in [5.74, 6) is -1.33. The molecular formula is C10H9F3O2. The summed E-state index contributed by atoms with van der Waals surface area (Å²) in [7, 11) is 0. The quantitative estimate of drug-likeness (QED) is 0.734. The normalized spacial score (nSPS) is 30.3. The largest absolute Gasteiger partial charge is 0.416 e. The van der Waals surface area contributed by atoms with Crippen LogP contribution in [0, 0.1) is 0 Å². The van der Waals surface area contributed by atoms with E-state index in [9.17, 15) is 18.3 Å². The van der Waals surface area contributed by atoms with Gasteiger partial charge in [0.1, 0.15) is 6.10 Å². The molecule has 0 aromatic heterocycles. The molecule has 0 spiro atoms. The summed E-state index contributed by atoms with van der Waals surface area (Å²) in [4.78, 5) is 0. The van der Waals surface area contributed by atoms with Crippen molar-refractivity contribution < 1.29 is 23.0 Å². The van der Waals surface area contributed by atoms with Gasteiger partial charge in [0.2, 0.25) is 0 Å². The van der Waals surface area contributed by atoms with Crippen molar-refractivity contribution in [2.24, 2.45) is 0 Å². The molecule has 2 nitrogen and oxygen atoms in total. The van der Waals surface area contributed by atoms with Crippen molar-refractivity contribution in [3.8, 4) is 0 Å². The molecule has 0 amide bonds. The van der Waals surface area contributed by atoms with E-state index in [2.05, 4.69) is 0 Å². The van der Waals surface area contributed by atoms with Crippen LogP contribution in [0.25, 0.3) is 0 Å². The van der Waals surface area contributed by atoms with Crippen LogP contribution in [-0.4, -0.2) is 10.9 Å². The van der Waals surface area contributed by atoms with Gasteiger partial charge in [-0.25, -0.2) is 0 Å². The zero-order valence-corrected chi connectivity index (χ0v) is 7.88. The molecule has 0 saturated carbocycles. The summed E-state index contributed by atoms with van der Waals surface area (Å²) in [5.41, 5.74) is -0.388. The number of epoxide rings is 1. The van der Waals surface area contributed by atoms with E-state index in [-0.39, 0.29) is 0 Å². The number of hydrogen-bond acceptors (Lipinski definition) is 2. The SMILES string of the molecule is CC1(O)OC1c1cccc(C(F)(F)F)c1. The highest BCUT2D eigenvalue weighted by Gasteiger charge is 2.52. The van der Waals surface area contributed by atoms with Gasteiger partial charge in [-0.2, -0.15) is 13.2 Å².